The van der Waals surface area contributed by atoms with Crippen molar-refractivity contribution in [3.63, 3.8) is 0 Å². The summed E-state index contributed by atoms with van der Waals surface area (Å²) in [4.78, 5) is 13.2. The molecule has 0 amide bonds. The second kappa shape index (κ2) is 3.48. The van der Waals surface area contributed by atoms with E-state index in [2.05, 4.69) is 4.99 Å². The average Bonchev–Trinajstić information content (AvgIpc) is 2.07. The molecule has 0 saturated carbocycles. The van der Waals surface area contributed by atoms with Gasteiger partial charge in [0.05, 0.1) is 10.7 Å². The van der Waals surface area contributed by atoms with E-state index >= 15 is 0 Å². The van der Waals surface area contributed by atoms with Crippen molar-refractivity contribution in [2.24, 2.45) is 4.99 Å². The molecule has 12 heavy (non-hydrogen) atoms. The summed E-state index contributed by atoms with van der Waals surface area (Å²) in [7, 11) is 0. The lowest BCUT2D eigenvalue weighted by atomic mass is 10.2. The molecule has 0 saturated heterocycles. The van der Waals surface area contributed by atoms with Crippen molar-refractivity contribution in [3.8, 4) is 0 Å². The minimum absolute atomic E-state index is 0.151. The molecule has 0 bridgehead atoms. The summed E-state index contributed by atoms with van der Waals surface area (Å²) in [5.41, 5.74) is 0.527. The Hall–Kier alpha value is -1.18. The van der Waals surface area contributed by atoms with E-state index in [0.717, 1.165) is 0 Å². The van der Waals surface area contributed by atoms with Gasteiger partial charge in [0.1, 0.15) is 5.82 Å². The zero-order valence-corrected chi connectivity index (χ0v) is 7.02. The van der Waals surface area contributed by atoms with E-state index < -0.39 is 5.82 Å². The van der Waals surface area contributed by atoms with Gasteiger partial charge in [-0.05, 0) is 19.1 Å². The van der Waals surface area contributed by atoms with Gasteiger partial charge in [-0.15, -0.1) is 0 Å². The van der Waals surface area contributed by atoms with Crippen LogP contribution in [0.3, 0.4) is 0 Å². The third-order valence-electron chi connectivity index (χ3n) is 1.47. The lowest BCUT2D eigenvalue weighted by Crippen LogP contribution is -1.82. The molecule has 0 N–H and O–H groups in total. The summed E-state index contributed by atoms with van der Waals surface area (Å²) in [5, 5.41) is 0.151. The topological polar surface area (TPSA) is 29.4 Å². The third kappa shape index (κ3) is 1.52. The molecule has 2 nitrogen and oxygen atoms in total. The van der Waals surface area contributed by atoms with Gasteiger partial charge in [-0.1, -0.05) is 11.6 Å². The fourth-order valence-electron chi connectivity index (χ4n) is 0.783. The summed E-state index contributed by atoms with van der Waals surface area (Å²) in [6.07, 6.45) is 1.34. The predicted molar refractivity (Wildman–Crippen MR) is 43.9 cm³/mol. The Balaban J connectivity index is 3.35. The van der Waals surface area contributed by atoms with Crippen molar-refractivity contribution in [3.05, 3.63) is 28.5 Å². The maximum Gasteiger partial charge on any atom is 0.240 e. The van der Waals surface area contributed by atoms with Gasteiger partial charge >= 0.3 is 0 Å². The van der Waals surface area contributed by atoms with Crippen LogP contribution < -0.4 is 0 Å². The second-order valence-electron chi connectivity index (χ2n) is 2.21. The molecule has 0 unspecified atom stereocenters. The zero-order chi connectivity index (χ0) is 9.14. The van der Waals surface area contributed by atoms with Crippen LogP contribution in [0.2, 0.25) is 5.02 Å². The van der Waals surface area contributed by atoms with Crippen LogP contribution in [0.4, 0.5) is 10.1 Å². The average molecular weight is 186 g/mol. The molecule has 0 heterocycles. The highest BCUT2D eigenvalue weighted by Gasteiger charge is 2.06. The van der Waals surface area contributed by atoms with Crippen molar-refractivity contribution in [2.75, 3.05) is 0 Å². The number of nitrogens with zero attached hydrogens (tertiary/aromatic N) is 1. The Morgan fingerprint density at radius 2 is 2.25 bits per heavy atom. The van der Waals surface area contributed by atoms with Gasteiger partial charge in [0, 0.05) is 5.56 Å². The Bertz CT molecular complexity index is 358. The molecule has 62 valence electrons. The largest absolute Gasteiger partial charge is 0.240 e. The van der Waals surface area contributed by atoms with Crippen LogP contribution in [-0.2, 0) is 4.79 Å². The highest BCUT2D eigenvalue weighted by molar-refractivity contribution is 6.33. The van der Waals surface area contributed by atoms with Crippen molar-refractivity contribution in [1.29, 1.82) is 0 Å². The summed E-state index contributed by atoms with van der Waals surface area (Å²) in [6, 6.07) is 2.53. The van der Waals surface area contributed by atoms with Crippen LogP contribution in [0.5, 0.6) is 0 Å². The minimum Gasteiger partial charge on any atom is -0.211 e. The minimum atomic E-state index is -0.412. The Morgan fingerprint density at radius 1 is 1.58 bits per heavy atom. The van der Waals surface area contributed by atoms with Gasteiger partial charge in [-0.3, -0.25) is 0 Å². The summed E-state index contributed by atoms with van der Waals surface area (Å²) in [6.45, 7) is 1.52. The lowest BCUT2D eigenvalue weighted by Gasteiger charge is -2.00. The van der Waals surface area contributed by atoms with Gasteiger partial charge in [0.15, 0.2) is 0 Å². The Labute approximate surface area is 73.7 Å². The number of hydrogen-bond acceptors (Lipinski definition) is 2. The molecule has 0 spiro atoms. The molecule has 1 aromatic rings. The first-order valence-electron chi connectivity index (χ1n) is 3.19. The molecule has 1 aromatic carbocycles. The maximum atomic E-state index is 12.8. The molecule has 0 fully saturated rings. The summed E-state index contributed by atoms with van der Waals surface area (Å²) in [5.74, 6) is -0.412. The lowest BCUT2D eigenvalue weighted by molar-refractivity contribution is 0.565. The van der Waals surface area contributed by atoms with Crippen molar-refractivity contribution >= 4 is 23.4 Å². The number of carbonyl (C=O) groups excluding carboxylic acids is 1. The van der Waals surface area contributed by atoms with Crippen molar-refractivity contribution in [1.82, 2.24) is 0 Å². The maximum absolute atomic E-state index is 12.8. The highest BCUT2D eigenvalue weighted by atomic mass is 35.5. The molecule has 4 heteroatoms. The van der Waals surface area contributed by atoms with Crippen LogP contribution in [0, 0.1) is 12.7 Å². The van der Waals surface area contributed by atoms with Crippen LogP contribution in [0.15, 0.2) is 17.1 Å². The first-order chi connectivity index (χ1) is 5.66. The molecular formula is C8H5ClFNO. The van der Waals surface area contributed by atoms with E-state index in [9.17, 15) is 9.18 Å². The van der Waals surface area contributed by atoms with Gasteiger partial charge < -0.3 is 0 Å². The number of aliphatic imine (C=N–C) groups is 1. The molecule has 0 aliphatic rings. The van der Waals surface area contributed by atoms with E-state index in [1.807, 2.05) is 0 Å². The van der Waals surface area contributed by atoms with Crippen LogP contribution >= 0.6 is 11.6 Å². The highest BCUT2D eigenvalue weighted by Crippen LogP contribution is 2.29. The number of benzene rings is 1. The van der Waals surface area contributed by atoms with Gasteiger partial charge in [-0.2, -0.15) is 4.99 Å². The standard InChI is InChI=1S/C8H5ClFNO/c1-5-6(10)2-3-7(8(5)9)11-4-12/h2-3H,1H3. The van der Waals surface area contributed by atoms with Crippen LogP contribution in [0.1, 0.15) is 5.56 Å². The van der Waals surface area contributed by atoms with E-state index in [1.165, 1.54) is 25.1 Å². The molecule has 0 radical (unpaired) electrons. The molecule has 0 aliphatic heterocycles. The monoisotopic (exact) mass is 185 g/mol. The van der Waals surface area contributed by atoms with Crippen LogP contribution in [-0.4, -0.2) is 6.08 Å². The first-order valence-corrected chi connectivity index (χ1v) is 3.57. The SMILES string of the molecule is Cc1c(F)ccc(N=C=O)c1Cl. The van der Waals surface area contributed by atoms with Crippen LogP contribution in [0.25, 0.3) is 0 Å². The van der Waals surface area contributed by atoms with Gasteiger partial charge in [-0.25, -0.2) is 9.18 Å². The van der Waals surface area contributed by atoms with Gasteiger partial charge in [0.2, 0.25) is 6.08 Å². The normalized spacial score (nSPS) is 9.25. The van der Waals surface area contributed by atoms with Crippen molar-refractivity contribution in [2.45, 2.75) is 6.92 Å². The predicted octanol–water partition coefficient (Wildman–Crippen LogP) is 2.75. The number of isocyanates is 1. The molecule has 0 atom stereocenters. The molecule has 1 rings (SSSR count). The summed E-state index contributed by atoms with van der Waals surface area (Å²) < 4.78 is 12.8. The fraction of sp³-hybridized carbons (Fsp3) is 0.125. The molecule has 0 aromatic heterocycles. The fourth-order valence-corrected chi connectivity index (χ4v) is 0.978. The Kier molecular flexibility index (Phi) is 2.58. The number of halogens is 2. The van der Waals surface area contributed by atoms with E-state index in [1.54, 1.807) is 0 Å². The molecule has 0 aliphatic carbocycles. The number of rotatable bonds is 1. The zero-order valence-electron chi connectivity index (χ0n) is 6.27. The quantitative estimate of drug-likeness (QED) is 0.489. The third-order valence-corrected chi connectivity index (χ3v) is 1.94. The smallest absolute Gasteiger partial charge is 0.211 e. The van der Waals surface area contributed by atoms with E-state index in [0.29, 0.717) is 0 Å². The second-order valence-corrected chi connectivity index (χ2v) is 2.59. The van der Waals surface area contributed by atoms with E-state index in [4.69, 9.17) is 11.6 Å². The summed E-state index contributed by atoms with van der Waals surface area (Å²) >= 11 is 5.66. The number of hydrogen-bond donors (Lipinski definition) is 0. The van der Waals surface area contributed by atoms with E-state index in [-0.39, 0.29) is 16.3 Å². The Morgan fingerprint density at radius 3 is 2.83 bits per heavy atom. The van der Waals surface area contributed by atoms with Gasteiger partial charge in [0.25, 0.3) is 0 Å². The first kappa shape index (κ1) is 8.91. The molecular weight excluding hydrogens is 181 g/mol. The van der Waals surface area contributed by atoms with Crippen molar-refractivity contribution < 1.29 is 9.18 Å².